The Morgan fingerprint density at radius 3 is 1.81 bits per heavy atom. The fraction of sp³-hybridized carbons (Fsp3) is 0.312. The molecule has 6 rings (SSSR count). The molecule has 1 aliphatic carbocycles. The zero-order valence-corrected chi connectivity index (χ0v) is 40.8. The van der Waals surface area contributed by atoms with Gasteiger partial charge >= 0.3 is 17.9 Å². The molecule has 4 atom stereocenters. The topological polar surface area (TPSA) is 357 Å². The zero-order chi connectivity index (χ0) is 52.9. The van der Waals surface area contributed by atoms with Gasteiger partial charge in [-0.25, -0.2) is 24.5 Å². The number of nitrogens with two attached hydrogens (primary N) is 1. The van der Waals surface area contributed by atoms with E-state index >= 15 is 0 Å². The third-order valence-electron chi connectivity index (χ3n) is 11.3. The molecule has 0 radical (unpaired) electrons. The number of H-pyrrole nitrogens is 2. The summed E-state index contributed by atoms with van der Waals surface area (Å²) in [7, 11) is 7.55. The van der Waals surface area contributed by atoms with Gasteiger partial charge in [-0.2, -0.15) is 0 Å². The summed E-state index contributed by atoms with van der Waals surface area (Å²) in [5.74, 6) is -8.05. The van der Waals surface area contributed by atoms with E-state index in [1.807, 2.05) is 74.4 Å². The second-order valence-electron chi connectivity index (χ2n) is 17.0. The van der Waals surface area contributed by atoms with E-state index in [1.165, 1.54) is 37.2 Å². The molecule has 25 heteroatoms. The Morgan fingerprint density at radius 1 is 0.740 bits per heavy atom. The van der Waals surface area contributed by atoms with Crippen LogP contribution >= 0.6 is 11.8 Å². The molecule has 24 nitrogen and oxygen atoms in total. The molecule has 0 bridgehead atoms. The van der Waals surface area contributed by atoms with E-state index in [-0.39, 0.29) is 35.6 Å². The number of aliphatic imine (C=N–C) groups is 1. The number of carboxylic acid groups (broad SMARTS) is 3. The Morgan fingerprint density at radius 2 is 1.29 bits per heavy atom. The maximum atomic E-state index is 13.9. The Balaban J connectivity index is 1.18. The molecule has 2 aromatic carbocycles. The number of amides is 5. The van der Waals surface area contributed by atoms with E-state index in [2.05, 4.69) is 46.2 Å². The molecule has 73 heavy (non-hydrogen) atoms. The number of nitrogens with zero attached hydrogens (tertiary/aromatic N) is 5. The van der Waals surface area contributed by atoms with Crippen molar-refractivity contribution in [2.75, 3.05) is 56.0 Å². The van der Waals surface area contributed by atoms with E-state index in [9.17, 15) is 53.7 Å². The monoisotopic (exact) mass is 1020 g/mol. The molecular weight excluding hydrogens is 969 g/mol. The quantitative estimate of drug-likeness (QED) is 0.0432. The van der Waals surface area contributed by atoms with Crippen LogP contribution in [-0.4, -0.2) is 159 Å². The number of aromatic amines is 2. The highest BCUT2D eigenvalue weighted by Gasteiger charge is 2.33. The average molecular weight is 1020 g/mol. The lowest BCUT2D eigenvalue weighted by atomic mass is 9.84. The van der Waals surface area contributed by atoms with E-state index in [0.29, 0.717) is 45.2 Å². The number of anilines is 2. The lowest BCUT2D eigenvalue weighted by Gasteiger charge is -2.28. The molecule has 1 aliphatic heterocycles. The van der Waals surface area contributed by atoms with Crippen LogP contribution in [0.25, 0.3) is 5.57 Å². The number of ether oxygens (including phenoxy) is 1. The van der Waals surface area contributed by atoms with E-state index in [0.717, 1.165) is 23.1 Å². The van der Waals surface area contributed by atoms with Gasteiger partial charge < -0.3 is 66.8 Å². The number of nitrogens with one attached hydrogen (secondary N) is 6. The first-order valence-electron chi connectivity index (χ1n) is 22.5. The van der Waals surface area contributed by atoms with Gasteiger partial charge in [-0.1, -0.05) is 6.08 Å². The van der Waals surface area contributed by atoms with Crippen LogP contribution in [0.2, 0.25) is 0 Å². The molecule has 5 amide bonds. The summed E-state index contributed by atoms with van der Waals surface area (Å²) in [5.41, 5.74) is 10.1. The normalized spacial score (nSPS) is 14.8. The fourth-order valence-electron chi connectivity index (χ4n) is 7.58. The second kappa shape index (κ2) is 24.5. The highest BCUT2D eigenvalue weighted by atomic mass is 32.2. The summed E-state index contributed by atoms with van der Waals surface area (Å²) in [6.07, 6.45) is 8.21. The Kier molecular flexibility index (Phi) is 18.0. The van der Waals surface area contributed by atoms with Crippen LogP contribution in [0.4, 0.5) is 11.4 Å². The summed E-state index contributed by atoms with van der Waals surface area (Å²) >= 11 is 0.864. The van der Waals surface area contributed by atoms with Crippen molar-refractivity contribution >= 4 is 81.9 Å². The lowest BCUT2D eigenvalue weighted by Crippen LogP contribution is -2.59. The predicted molar refractivity (Wildman–Crippen MR) is 268 cm³/mol. The van der Waals surface area contributed by atoms with E-state index in [1.54, 1.807) is 6.08 Å². The second-order valence-corrected chi connectivity index (χ2v) is 18.1. The number of allylic oxidation sites excluding steroid dienone is 3. The largest absolute Gasteiger partial charge is 0.481 e. The number of imidazole rings is 2. The van der Waals surface area contributed by atoms with Crippen molar-refractivity contribution < 1.29 is 58.4 Å². The van der Waals surface area contributed by atoms with Gasteiger partial charge in [0.1, 0.15) is 35.7 Å². The molecule has 384 valence electrons. The summed E-state index contributed by atoms with van der Waals surface area (Å²) < 4.78 is 6.38. The van der Waals surface area contributed by atoms with Crippen LogP contribution in [0.1, 0.15) is 35.4 Å². The number of rotatable bonds is 23. The molecule has 0 unspecified atom stereocenters. The number of carboxylic acids is 3. The van der Waals surface area contributed by atoms with Gasteiger partial charge in [0.2, 0.25) is 23.6 Å². The van der Waals surface area contributed by atoms with Gasteiger partial charge in [0, 0.05) is 117 Å². The van der Waals surface area contributed by atoms with Crippen molar-refractivity contribution in [1.82, 2.24) is 41.2 Å². The predicted octanol–water partition coefficient (Wildman–Crippen LogP) is 0.787. The van der Waals surface area contributed by atoms with Crippen molar-refractivity contribution in [1.29, 1.82) is 0 Å². The molecule has 0 spiro atoms. The molecule has 0 fully saturated rings. The molecular formula is C48H54N12O12S. The third-order valence-corrected chi connectivity index (χ3v) is 12.3. The molecule has 4 aromatic rings. The number of aliphatic carboxylic acids is 3. The van der Waals surface area contributed by atoms with Crippen LogP contribution in [0, 0.1) is 0 Å². The van der Waals surface area contributed by atoms with E-state index < -0.39 is 91.0 Å². The van der Waals surface area contributed by atoms with Crippen molar-refractivity contribution in [3.05, 3.63) is 113 Å². The molecule has 2 aliphatic rings. The number of hydrogen-bond donors (Lipinski definition) is 10. The summed E-state index contributed by atoms with van der Waals surface area (Å²) in [4.78, 5) is 125. The van der Waals surface area contributed by atoms with Gasteiger partial charge in [-0.05, 0) is 48.4 Å². The van der Waals surface area contributed by atoms with Crippen LogP contribution in [-0.2, 0) is 51.2 Å². The van der Waals surface area contributed by atoms with Gasteiger partial charge in [0.05, 0.1) is 36.2 Å². The SMILES string of the molecule is CN(C)c1ccc2c(c1)Oc1cc(N(C)C)ccc1C2=C1C=CC(=NC(=O)CSC[C@H](NC(=O)CN)C(=O)N[C@@H](CCC(=O)O)C(=O)N[C@@H](Cc2cnc[nH]2)C(=O)N[C@@H](Cc2cnc[nH]2)C(=O)O)C=C1C(=O)O. The molecule has 3 heterocycles. The Bertz CT molecular complexity index is 2820. The number of hydrogen-bond acceptors (Lipinski definition) is 15. The van der Waals surface area contributed by atoms with Gasteiger partial charge in [-0.15, -0.1) is 11.8 Å². The lowest BCUT2D eigenvalue weighted by molar-refractivity contribution is -0.142. The first-order chi connectivity index (χ1) is 34.8. The fourth-order valence-corrected chi connectivity index (χ4v) is 8.41. The average Bonchev–Trinajstić information content (AvgIpc) is 4.08. The molecule has 0 saturated carbocycles. The van der Waals surface area contributed by atoms with Gasteiger partial charge in [-0.3, -0.25) is 28.8 Å². The van der Waals surface area contributed by atoms with Gasteiger partial charge in [0.25, 0.3) is 5.91 Å². The zero-order valence-electron chi connectivity index (χ0n) is 40.0. The number of carbonyl (C=O) groups excluding carboxylic acids is 5. The van der Waals surface area contributed by atoms with Crippen LogP contribution in [0.15, 0.2) is 95.8 Å². The highest BCUT2D eigenvalue weighted by Crippen LogP contribution is 2.48. The number of aromatic nitrogens is 4. The van der Waals surface area contributed by atoms with Crippen LogP contribution in [0.3, 0.4) is 0 Å². The van der Waals surface area contributed by atoms with Crippen molar-refractivity contribution in [3.8, 4) is 11.5 Å². The first kappa shape index (κ1) is 53.8. The number of benzene rings is 2. The molecule has 11 N–H and O–H groups in total. The third kappa shape index (κ3) is 14.3. The summed E-state index contributed by atoms with van der Waals surface area (Å²) in [5, 5.41) is 39.6. The number of fused-ring (bicyclic) bond motifs is 2. The maximum absolute atomic E-state index is 13.9. The van der Waals surface area contributed by atoms with Crippen molar-refractivity contribution in [2.45, 2.75) is 49.9 Å². The van der Waals surface area contributed by atoms with Crippen LogP contribution in [0.5, 0.6) is 11.5 Å². The smallest absolute Gasteiger partial charge is 0.336 e. The summed E-state index contributed by atoms with van der Waals surface area (Å²) in [6, 6.07) is 5.23. The number of thioether (sulfide) groups is 1. The molecule has 2 aromatic heterocycles. The standard InChI is InChI=1S/C48H54N12O12S/c1-59(2)28-6-9-31-38(16-28)72-39-17-29(60(3)4)7-10-32(39)43(31)30-8-5-25(13-33(30)47(68)69)54-41(62)22-73-21-37(55-40(61)18-49)46(67)56-34(11-12-42(63)64)44(65)57-35(14-26-19-50-23-52-26)45(66)58-36(48(70)71)15-27-20-51-24-53-27/h5-10,13,16-17,19-20,23-24,34-37H,11-12,14-15,18,21-22,49H2,1-4H3,(H,50,52)(H,51,53)(H,55,61)(H,56,67)(H,57,65)(H,58,66)(H,63,64)(H,68,69)(H,70,71)/t34-,35-,36-,37-/m0/s1. The maximum Gasteiger partial charge on any atom is 0.336 e. The highest BCUT2D eigenvalue weighted by molar-refractivity contribution is 8.00. The first-order valence-corrected chi connectivity index (χ1v) is 23.6. The minimum Gasteiger partial charge on any atom is -0.481 e. The Hall–Kier alpha value is -8.58. The summed E-state index contributed by atoms with van der Waals surface area (Å²) in [6.45, 7) is -0.548. The minimum atomic E-state index is -1.61. The van der Waals surface area contributed by atoms with Crippen molar-refractivity contribution in [2.24, 2.45) is 10.7 Å². The Labute approximate surface area is 421 Å². The van der Waals surface area contributed by atoms with Crippen LogP contribution < -0.4 is 41.5 Å². The minimum absolute atomic E-state index is 0.0274. The number of carbonyl (C=O) groups is 8. The van der Waals surface area contributed by atoms with Gasteiger partial charge in [0.15, 0.2) is 0 Å². The van der Waals surface area contributed by atoms with E-state index in [4.69, 9.17) is 10.5 Å². The van der Waals surface area contributed by atoms with Crippen molar-refractivity contribution in [3.63, 3.8) is 0 Å². The molecule has 0 saturated heterocycles.